The number of benzene rings is 1. The summed E-state index contributed by atoms with van der Waals surface area (Å²) in [4.78, 5) is 16.9. The zero-order valence-electron chi connectivity index (χ0n) is 17.2. The highest BCUT2D eigenvalue weighted by Gasteiger charge is 2.32. The van der Waals surface area contributed by atoms with Gasteiger partial charge in [0.25, 0.3) is 0 Å². The number of rotatable bonds is 6. The molecule has 0 fully saturated rings. The van der Waals surface area contributed by atoms with E-state index in [1.165, 1.54) is 6.20 Å². The van der Waals surface area contributed by atoms with Crippen molar-refractivity contribution in [2.45, 2.75) is 44.8 Å². The Balaban J connectivity index is 1.83. The maximum Gasteiger partial charge on any atom is 0.406 e. The molecule has 0 aliphatic rings. The molecule has 0 N–H and O–H groups in total. The lowest BCUT2D eigenvalue weighted by Gasteiger charge is -2.13. The fourth-order valence-electron chi connectivity index (χ4n) is 4.00. The van der Waals surface area contributed by atoms with Gasteiger partial charge in [-0.1, -0.05) is 23.2 Å². The number of nitrogens with zero attached hydrogens (tertiary/aromatic N) is 4. The van der Waals surface area contributed by atoms with Crippen molar-refractivity contribution < 1.29 is 26.3 Å². The molecule has 3 heterocycles. The Kier molecular flexibility index (Phi) is 6.36. The van der Waals surface area contributed by atoms with Crippen molar-refractivity contribution in [2.75, 3.05) is 0 Å². The smallest absolute Gasteiger partial charge is 0.343 e. The third kappa shape index (κ3) is 5.05. The van der Waals surface area contributed by atoms with Gasteiger partial charge < -0.3 is 4.57 Å². The molecule has 4 rings (SSSR count). The molecule has 0 spiro atoms. The summed E-state index contributed by atoms with van der Waals surface area (Å²) in [6, 6.07) is 6.49. The van der Waals surface area contributed by atoms with E-state index in [1.54, 1.807) is 28.8 Å². The normalized spacial score (nSPS) is 12.8. The van der Waals surface area contributed by atoms with Gasteiger partial charge in [0.2, 0.25) is 0 Å². The molecule has 0 amide bonds. The van der Waals surface area contributed by atoms with Crippen molar-refractivity contribution >= 4 is 45.1 Å². The van der Waals surface area contributed by atoms with Gasteiger partial charge in [-0.3, -0.25) is 14.1 Å². The average molecular weight is 525 g/mol. The minimum atomic E-state index is -4.68. The summed E-state index contributed by atoms with van der Waals surface area (Å²) >= 11 is 12.1. The van der Waals surface area contributed by atoms with E-state index < -0.39 is 31.0 Å². The molecule has 0 saturated heterocycles. The molecule has 0 saturated carbocycles. The molecule has 182 valence electrons. The lowest BCUT2D eigenvalue weighted by molar-refractivity contribution is -0.140. The van der Waals surface area contributed by atoms with Crippen molar-refractivity contribution in [3.05, 3.63) is 62.9 Å². The van der Waals surface area contributed by atoms with Crippen LogP contribution in [0.5, 0.6) is 0 Å². The molecular formula is C21H16Cl2F6N4O. The predicted molar refractivity (Wildman–Crippen MR) is 116 cm³/mol. The summed E-state index contributed by atoms with van der Waals surface area (Å²) < 4.78 is 80.8. The van der Waals surface area contributed by atoms with Crippen LogP contribution in [0.2, 0.25) is 10.0 Å². The molecule has 1 aromatic carbocycles. The van der Waals surface area contributed by atoms with Crippen LogP contribution in [-0.2, 0) is 19.6 Å². The predicted octanol–water partition coefficient (Wildman–Crippen LogP) is 6.41. The Morgan fingerprint density at radius 1 is 0.882 bits per heavy atom. The fourth-order valence-corrected chi connectivity index (χ4v) is 4.44. The Bertz CT molecular complexity index is 1420. The summed E-state index contributed by atoms with van der Waals surface area (Å²) in [5.41, 5.74) is -0.00149. The topological polar surface area (TPSA) is 44.8 Å². The average Bonchev–Trinajstić information content (AvgIpc) is 3.16. The zero-order valence-corrected chi connectivity index (χ0v) is 18.7. The number of fused-ring (bicyclic) bond motifs is 2. The van der Waals surface area contributed by atoms with Gasteiger partial charge in [0.05, 0.1) is 28.8 Å². The quantitative estimate of drug-likeness (QED) is 0.273. The van der Waals surface area contributed by atoms with E-state index in [-0.39, 0.29) is 35.6 Å². The number of imidazole rings is 1. The van der Waals surface area contributed by atoms with Crippen LogP contribution < -0.4 is 5.69 Å². The number of alkyl halides is 6. The van der Waals surface area contributed by atoms with Crippen LogP contribution in [0.25, 0.3) is 21.9 Å². The second kappa shape index (κ2) is 8.84. The van der Waals surface area contributed by atoms with Gasteiger partial charge in [0, 0.05) is 40.8 Å². The second-order valence-corrected chi connectivity index (χ2v) is 8.61. The van der Waals surface area contributed by atoms with Gasteiger partial charge in [-0.15, -0.1) is 0 Å². The van der Waals surface area contributed by atoms with Gasteiger partial charge in [-0.2, -0.15) is 26.3 Å². The van der Waals surface area contributed by atoms with Crippen LogP contribution in [-0.4, -0.2) is 31.0 Å². The van der Waals surface area contributed by atoms with Gasteiger partial charge >= 0.3 is 18.0 Å². The molecule has 0 aliphatic carbocycles. The third-order valence-corrected chi connectivity index (χ3v) is 5.84. The summed E-state index contributed by atoms with van der Waals surface area (Å²) in [7, 11) is 0. The lowest BCUT2D eigenvalue weighted by atomic mass is 10.2. The van der Waals surface area contributed by atoms with E-state index >= 15 is 0 Å². The van der Waals surface area contributed by atoms with Crippen LogP contribution in [0.15, 0.2) is 41.5 Å². The number of aryl methyl sites for hydroxylation is 1. The maximum atomic E-state index is 13.2. The van der Waals surface area contributed by atoms with Crippen LogP contribution in [0.1, 0.15) is 18.5 Å². The maximum absolute atomic E-state index is 13.2. The lowest BCUT2D eigenvalue weighted by Crippen LogP contribution is -2.30. The van der Waals surface area contributed by atoms with E-state index in [4.69, 9.17) is 23.2 Å². The molecule has 5 nitrogen and oxygen atoms in total. The monoisotopic (exact) mass is 524 g/mol. The number of aromatic nitrogens is 4. The van der Waals surface area contributed by atoms with E-state index in [2.05, 4.69) is 4.98 Å². The second-order valence-electron chi connectivity index (χ2n) is 7.77. The SMILES string of the molecule is O=c1n(Cc2cc3cc(Cl)ccc3n2CCCC(F)(F)F)c2cncc(Cl)c2n1CC(F)(F)F. The standard InChI is InChI=1S/C21H16Cl2F6N4O/c22-13-2-3-16-12(6-13)7-14(31(16)5-1-4-20(24,25)26)10-32-17-9-30-8-15(23)18(17)33(19(32)34)11-21(27,28)29/h2-3,6-9H,1,4-5,10-11H2. The number of hydrogen-bond donors (Lipinski definition) is 0. The van der Waals surface area contributed by atoms with Gasteiger partial charge in [-0.25, -0.2) is 4.79 Å². The molecule has 4 aromatic rings. The summed E-state index contributed by atoms with van der Waals surface area (Å²) in [5.74, 6) is 0. The molecule has 13 heteroatoms. The van der Waals surface area contributed by atoms with Crippen molar-refractivity contribution in [3.63, 3.8) is 0 Å². The first-order valence-corrected chi connectivity index (χ1v) is 10.7. The van der Waals surface area contributed by atoms with E-state index in [9.17, 15) is 31.1 Å². The highest BCUT2D eigenvalue weighted by molar-refractivity contribution is 6.34. The van der Waals surface area contributed by atoms with Crippen molar-refractivity contribution in [1.29, 1.82) is 0 Å². The van der Waals surface area contributed by atoms with Crippen molar-refractivity contribution in [3.8, 4) is 0 Å². The summed E-state index contributed by atoms with van der Waals surface area (Å²) in [5, 5.41) is 0.897. The number of pyridine rings is 1. The highest BCUT2D eigenvalue weighted by atomic mass is 35.5. The van der Waals surface area contributed by atoms with Gasteiger partial charge in [0.1, 0.15) is 6.54 Å². The molecule has 0 unspecified atom stereocenters. The van der Waals surface area contributed by atoms with Gasteiger partial charge in [0.15, 0.2) is 0 Å². The van der Waals surface area contributed by atoms with E-state index in [0.717, 1.165) is 10.8 Å². The largest absolute Gasteiger partial charge is 0.406 e. The van der Waals surface area contributed by atoms with Crippen molar-refractivity contribution in [1.82, 2.24) is 18.7 Å². The molecule has 0 atom stereocenters. The van der Waals surface area contributed by atoms with Crippen LogP contribution in [0.3, 0.4) is 0 Å². The van der Waals surface area contributed by atoms with Crippen LogP contribution >= 0.6 is 23.2 Å². The minimum absolute atomic E-state index is 0.0189. The molecule has 34 heavy (non-hydrogen) atoms. The number of halogens is 8. The molecule has 0 bridgehead atoms. The molecule has 0 radical (unpaired) electrons. The Morgan fingerprint density at radius 2 is 1.62 bits per heavy atom. The first-order chi connectivity index (χ1) is 15.8. The number of hydrogen-bond acceptors (Lipinski definition) is 2. The minimum Gasteiger partial charge on any atom is -0.343 e. The molecular weight excluding hydrogens is 509 g/mol. The molecule has 3 aromatic heterocycles. The summed E-state index contributed by atoms with van der Waals surface area (Å²) in [6.07, 6.45) is -7.89. The van der Waals surface area contributed by atoms with Crippen LogP contribution in [0.4, 0.5) is 26.3 Å². The zero-order chi connectivity index (χ0) is 24.8. The third-order valence-electron chi connectivity index (χ3n) is 5.32. The van der Waals surface area contributed by atoms with E-state index in [0.29, 0.717) is 26.2 Å². The first kappa shape index (κ1) is 24.5. The van der Waals surface area contributed by atoms with Gasteiger partial charge in [-0.05, 0) is 30.7 Å². The van der Waals surface area contributed by atoms with Crippen LogP contribution in [0, 0.1) is 0 Å². The van der Waals surface area contributed by atoms with E-state index in [1.807, 2.05) is 0 Å². The highest BCUT2D eigenvalue weighted by Crippen LogP contribution is 2.29. The fraction of sp³-hybridized carbons (Fsp3) is 0.333. The summed E-state index contributed by atoms with van der Waals surface area (Å²) in [6.45, 7) is -1.78. The van der Waals surface area contributed by atoms with Crippen molar-refractivity contribution in [2.24, 2.45) is 0 Å². The Hall–Kier alpha value is -2.66. The Labute approximate surface area is 198 Å². The molecule has 0 aliphatic heterocycles. The Morgan fingerprint density at radius 3 is 2.29 bits per heavy atom. The first-order valence-electron chi connectivity index (χ1n) is 9.98.